The molecule has 1 aliphatic heterocycles. The summed E-state index contributed by atoms with van der Waals surface area (Å²) in [6.45, 7) is 1.97. The molecule has 1 aromatic heterocycles. The van der Waals surface area contributed by atoms with Crippen molar-refractivity contribution >= 4 is 27.0 Å². The molecular formula is C16H22N4O4S. The van der Waals surface area contributed by atoms with Crippen molar-refractivity contribution in [2.75, 3.05) is 32.4 Å². The highest BCUT2D eigenvalue weighted by molar-refractivity contribution is 7.88. The van der Waals surface area contributed by atoms with Crippen LogP contribution >= 0.6 is 0 Å². The van der Waals surface area contributed by atoms with Crippen molar-refractivity contribution in [3.8, 4) is 0 Å². The Kier molecular flexibility index (Phi) is 4.96. The minimum absolute atomic E-state index is 0.0625. The number of para-hydroxylation sites is 2. The van der Waals surface area contributed by atoms with E-state index in [9.17, 15) is 18.0 Å². The second-order valence-electron chi connectivity index (χ2n) is 6.25. The standard InChI is InChI=1S/C16H22N4O4S/c1-25(23,24)19-9-4-8-18(11-12-19)15(21)7-10-20-14-6-3-2-5-13(14)17-16(20)22/h2-3,5-6H,4,7-12H2,1H3,(H,17,22). The van der Waals surface area contributed by atoms with E-state index in [2.05, 4.69) is 4.98 Å². The minimum Gasteiger partial charge on any atom is -0.341 e. The maximum atomic E-state index is 12.5. The predicted octanol–water partition coefficient (Wildman–Crippen LogP) is 0.214. The number of carbonyl (C=O) groups is 1. The summed E-state index contributed by atoms with van der Waals surface area (Å²) in [5.41, 5.74) is 1.30. The Morgan fingerprint density at radius 3 is 2.68 bits per heavy atom. The van der Waals surface area contributed by atoms with E-state index < -0.39 is 10.0 Å². The van der Waals surface area contributed by atoms with Crippen LogP contribution in [0.4, 0.5) is 0 Å². The molecule has 0 radical (unpaired) electrons. The van der Waals surface area contributed by atoms with Gasteiger partial charge in [0, 0.05) is 39.1 Å². The number of fused-ring (bicyclic) bond motifs is 1. The molecule has 0 unspecified atom stereocenters. The van der Waals surface area contributed by atoms with E-state index in [0.29, 0.717) is 39.1 Å². The summed E-state index contributed by atoms with van der Waals surface area (Å²) in [5.74, 6) is -0.0625. The number of aryl methyl sites for hydroxylation is 1. The van der Waals surface area contributed by atoms with E-state index in [1.165, 1.54) is 10.6 Å². The van der Waals surface area contributed by atoms with Gasteiger partial charge in [-0.25, -0.2) is 17.5 Å². The number of hydrogen-bond acceptors (Lipinski definition) is 4. The first-order valence-corrected chi connectivity index (χ1v) is 10.1. The van der Waals surface area contributed by atoms with E-state index in [-0.39, 0.29) is 18.0 Å². The topological polar surface area (TPSA) is 95.5 Å². The van der Waals surface area contributed by atoms with Gasteiger partial charge in [-0.2, -0.15) is 0 Å². The molecule has 1 fully saturated rings. The molecule has 3 rings (SSSR count). The fraction of sp³-hybridized carbons (Fsp3) is 0.500. The maximum absolute atomic E-state index is 12.5. The molecule has 0 spiro atoms. The Morgan fingerprint density at radius 1 is 1.16 bits per heavy atom. The quantitative estimate of drug-likeness (QED) is 0.837. The van der Waals surface area contributed by atoms with Crippen molar-refractivity contribution < 1.29 is 13.2 Å². The highest BCUT2D eigenvalue weighted by atomic mass is 32.2. The van der Waals surface area contributed by atoms with Gasteiger partial charge in [-0.05, 0) is 18.6 Å². The van der Waals surface area contributed by atoms with Crippen LogP contribution in [-0.4, -0.2) is 65.5 Å². The van der Waals surface area contributed by atoms with E-state index in [0.717, 1.165) is 11.0 Å². The first kappa shape index (κ1) is 17.7. The first-order chi connectivity index (χ1) is 11.9. The van der Waals surface area contributed by atoms with E-state index in [1.54, 1.807) is 9.47 Å². The Morgan fingerprint density at radius 2 is 1.92 bits per heavy atom. The molecule has 0 atom stereocenters. The Balaban J connectivity index is 1.64. The van der Waals surface area contributed by atoms with Gasteiger partial charge in [0.2, 0.25) is 15.9 Å². The van der Waals surface area contributed by atoms with Crippen LogP contribution in [0.15, 0.2) is 29.1 Å². The van der Waals surface area contributed by atoms with Crippen molar-refractivity contribution in [1.29, 1.82) is 0 Å². The van der Waals surface area contributed by atoms with Crippen LogP contribution in [0.1, 0.15) is 12.8 Å². The van der Waals surface area contributed by atoms with Crippen molar-refractivity contribution in [2.45, 2.75) is 19.4 Å². The summed E-state index contributed by atoms with van der Waals surface area (Å²) in [7, 11) is -3.23. The van der Waals surface area contributed by atoms with E-state index in [4.69, 9.17) is 0 Å². The van der Waals surface area contributed by atoms with Crippen LogP contribution in [0, 0.1) is 0 Å². The summed E-state index contributed by atoms with van der Waals surface area (Å²) in [5, 5.41) is 0. The predicted molar refractivity (Wildman–Crippen MR) is 94.8 cm³/mol. The number of benzene rings is 1. The SMILES string of the molecule is CS(=O)(=O)N1CCCN(C(=O)CCn2c(=O)[nH]c3ccccc32)CC1. The second-order valence-corrected chi connectivity index (χ2v) is 8.23. The van der Waals surface area contributed by atoms with Crippen molar-refractivity contribution in [3.05, 3.63) is 34.7 Å². The zero-order valence-electron chi connectivity index (χ0n) is 14.1. The van der Waals surface area contributed by atoms with Gasteiger partial charge in [0.15, 0.2) is 0 Å². The van der Waals surface area contributed by atoms with Crippen LogP contribution in [0.2, 0.25) is 0 Å². The van der Waals surface area contributed by atoms with Crippen LogP contribution in [-0.2, 0) is 21.4 Å². The molecule has 0 aliphatic carbocycles. The van der Waals surface area contributed by atoms with Crippen LogP contribution < -0.4 is 5.69 Å². The van der Waals surface area contributed by atoms with Gasteiger partial charge in [0.1, 0.15) is 0 Å². The lowest BCUT2D eigenvalue weighted by Gasteiger charge is -2.21. The van der Waals surface area contributed by atoms with Gasteiger partial charge in [0.05, 0.1) is 17.3 Å². The summed E-state index contributed by atoms with van der Waals surface area (Å²) >= 11 is 0. The summed E-state index contributed by atoms with van der Waals surface area (Å²) in [4.78, 5) is 29.0. The summed E-state index contributed by atoms with van der Waals surface area (Å²) in [6.07, 6.45) is 2.01. The van der Waals surface area contributed by atoms with E-state index >= 15 is 0 Å². The molecule has 1 aliphatic rings. The number of rotatable bonds is 4. The highest BCUT2D eigenvalue weighted by Gasteiger charge is 2.23. The van der Waals surface area contributed by atoms with Crippen LogP contribution in [0.5, 0.6) is 0 Å². The molecule has 1 N–H and O–H groups in total. The molecule has 1 saturated heterocycles. The Bertz CT molecular complexity index is 931. The molecule has 1 amide bonds. The Hall–Kier alpha value is -2.13. The van der Waals surface area contributed by atoms with Gasteiger partial charge < -0.3 is 9.88 Å². The van der Waals surface area contributed by atoms with Gasteiger partial charge in [-0.1, -0.05) is 12.1 Å². The molecule has 25 heavy (non-hydrogen) atoms. The lowest BCUT2D eigenvalue weighted by atomic mass is 10.3. The molecular weight excluding hydrogens is 344 g/mol. The van der Waals surface area contributed by atoms with Crippen molar-refractivity contribution in [3.63, 3.8) is 0 Å². The number of imidazole rings is 1. The number of H-pyrrole nitrogens is 1. The smallest absolute Gasteiger partial charge is 0.326 e. The number of hydrogen-bond donors (Lipinski definition) is 1. The largest absolute Gasteiger partial charge is 0.341 e. The first-order valence-electron chi connectivity index (χ1n) is 8.27. The zero-order valence-corrected chi connectivity index (χ0v) is 15.0. The number of sulfonamides is 1. The molecule has 1 aromatic carbocycles. The minimum atomic E-state index is -3.23. The van der Waals surface area contributed by atoms with Gasteiger partial charge in [-0.15, -0.1) is 0 Å². The summed E-state index contributed by atoms with van der Waals surface area (Å²) in [6, 6.07) is 7.36. The lowest BCUT2D eigenvalue weighted by Crippen LogP contribution is -2.37. The highest BCUT2D eigenvalue weighted by Crippen LogP contribution is 2.11. The summed E-state index contributed by atoms with van der Waals surface area (Å²) < 4.78 is 26.2. The van der Waals surface area contributed by atoms with Gasteiger partial charge in [0.25, 0.3) is 0 Å². The molecule has 9 heteroatoms. The molecule has 2 heterocycles. The third-order valence-corrected chi connectivity index (χ3v) is 5.81. The second kappa shape index (κ2) is 7.01. The van der Waals surface area contributed by atoms with Gasteiger partial charge >= 0.3 is 5.69 Å². The molecule has 2 aromatic rings. The molecule has 8 nitrogen and oxygen atoms in total. The van der Waals surface area contributed by atoms with Crippen molar-refractivity contribution in [1.82, 2.24) is 18.8 Å². The average molecular weight is 366 g/mol. The zero-order chi connectivity index (χ0) is 18.0. The van der Waals surface area contributed by atoms with Crippen LogP contribution in [0.25, 0.3) is 11.0 Å². The number of aromatic amines is 1. The normalized spacial score (nSPS) is 16.9. The molecule has 0 saturated carbocycles. The number of nitrogens with zero attached hydrogens (tertiary/aromatic N) is 3. The molecule has 0 bridgehead atoms. The number of carbonyl (C=O) groups excluding carboxylic acids is 1. The Labute approximate surface area is 146 Å². The van der Waals surface area contributed by atoms with E-state index in [1.807, 2.05) is 24.3 Å². The van der Waals surface area contributed by atoms with Crippen molar-refractivity contribution in [2.24, 2.45) is 0 Å². The third kappa shape index (κ3) is 3.93. The average Bonchev–Trinajstić information content (AvgIpc) is 2.74. The fourth-order valence-electron chi connectivity index (χ4n) is 3.17. The fourth-order valence-corrected chi connectivity index (χ4v) is 4.04. The maximum Gasteiger partial charge on any atom is 0.326 e. The van der Waals surface area contributed by atoms with Crippen LogP contribution in [0.3, 0.4) is 0 Å². The number of aromatic nitrogens is 2. The third-order valence-electron chi connectivity index (χ3n) is 4.51. The number of amides is 1. The number of nitrogens with one attached hydrogen (secondary N) is 1. The monoisotopic (exact) mass is 366 g/mol. The van der Waals surface area contributed by atoms with Gasteiger partial charge in [-0.3, -0.25) is 9.36 Å². The lowest BCUT2D eigenvalue weighted by molar-refractivity contribution is -0.131. The molecule has 136 valence electrons.